The fourth-order valence-corrected chi connectivity index (χ4v) is 5.71. The monoisotopic (exact) mass is 568 g/mol. The second-order valence-electron chi connectivity index (χ2n) is 10.6. The zero-order valence-corrected chi connectivity index (χ0v) is 22.9. The van der Waals surface area contributed by atoms with Crippen LogP contribution in [-0.4, -0.2) is 64.7 Å². The molecule has 3 aromatic rings. The van der Waals surface area contributed by atoms with Crippen molar-refractivity contribution < 1.29 is 23.5 Å². The lowest BCUT2D eigenvalue weighted by Crippen LogP contribution is -2.52. The third kappa shape index (κ3) is 5.53. The van der Waals surface area contributed by atoms with Crippen molar-refractivity contribution in [1.29, 1.82) is 0 Å². The predicted molar refractivity (Wildman–Crippen MR) is 151 cm³/mol. The summed E-state index contributed by atoms with van der Waals surface area (Å²) < 4.78 is 21.1. The lowest BCUT2D eigenvalue weighted by molar-refractivity contribution is -0.136. The number of pyridine rings is 1. The Bertz CT molecular complexity index is 1580. The molecular weight excluding hydrogens is 539 g/mol. The number of nitrogens with one attached hydrogen (secondary N) is 1. The number of fused-ring (bicyclic) bond motifs is 1. The summed E-state index contributed by atoms with van der Waals surface area (Å²) in [6.45, 7) is 11.1. The molecule has 0 spiro atoms. The molecule has 3 aliphatic heterocycles. The predicted octanol–water partition coefficient (Wildman–Crippen LogP) is 3.43. The van der Waals surface area contributed by atoms with Crippen molar-refractivity contribution in [2.45, 2.75) is 38.6 Å². The van der Waals surface area contributed by atoms with Crippen LogP contribution in [0.2, 0.25) is 0 Å². The number of ether oxygens (including phenoxy) is 1. The van der Waals surface area contributed by atoms with E-state index < -0.39 is 11.9 Å². The molecule has 3 aliphatic rings. The molecule has 10 nitrogen and oxygen atoms in total. The van der Waals surface area contributed by atoms with Crippen LogP contribution >= 0.6 is 0 Å². The Kier molecular flexibility index (Phi) is 7.54. The maximum atomic E-state index is 15.1. The highest BCUT2D eigenvalue weighted by Crippen LogP contribution is 2.34. The van der Waals surface area contributed by atoms with E-state index in [1.165, 1.54) is 4.90 Å². The number of benzene rings is 2. The fourth-order valence-electron chi connectivity index (χ4n) is 5.71. The summed E-state index contributed by atoms with van der Waals surface area (Å²) in [7, 11) is 0. The third-order valence-electron chi connectivity index (χ3n) is 8.03. The van der Waals surface area contributed by atoms with Gasteiger partial charge in [-0.25, -0.2) is 4.39 Å². The smallest absolute Gasteiger partial charge is 0.269 e. The van der Waals surface area contributed by atoms with Crippen molar-refractivity contribution in [3.05, 3.63) is 94.2 Å². The van der Waals surface area contributed by atoms with Crippen LogP contribution in [0.15, 0.2) is 54.7 Å². The SMILES string of the molecule is [C-]#[N+]c1ccc(N2CCN(Cc3ccc(COc4cccc5c4CN([C@H]4CCC(=O)NC4=O)C5=O)c(F)c3)CC2)cn1. The minimum Gasteiger partial charge on any atom is -0.488 e. The molecule has 4 heterocycles. The van der Waals surface area contributed by atoms with Crippen LogP contribution in [0.3, 0.4) is 0 Å². The summed E-state index contributed by atoms with van der Waals surface area (Å²) in [5, 5.41) is 2.30. The van der Waals surface area contributed by atoms with Crippen LogP contribution in [0.5, 0.6) is 5.75 Å². The molecule has 3 amide bonds. The van der Waals surface area contributed by atoms with Crippen molar-refractivity contribution in [2.75, 3.05) is 31.1 Å². The lowest BCUT2D eigenvalue weighted by Gasteiger charge is -2.35. The third-order valence-corrected chi connectivity index (χ3v) is 8.03. The number of hydrogen-bond acceptors (Lipinski definition) is 7. The summed E-state index contributed by atoms with van der Waals surface area (Å²) in [5.41, 5.74) is 3.38. The Hall–Kier alpha value is -4.82. The highest BCUT2D eigenvalue weighted by molar-refractivity contribution is 6.05. The molecule has 0 aliphatic carbocycles. The molecule has 0 saturated carbocycles. The fraction of sp³-hybridized carbons (Fsp3) is 0.323. The average molecular weight is 569 g/mol. The van der Waals surface area contributed by atoms with E-state index in [9.17, 15) is 14.4 Å². The minimum absolute atomic E-state index is 0.00578. The quantitative estimate of drug-likeness (QED) is 0.345. The van der Waals surface area contributed by atoms with Crippen molar-refractivity contribution in [3.63, 3.8) is 0 Å². The van der Waals surface area contributed by atoms with E-state index in [0.717, 1.165) is 37.4 Å². The molecule has 2 fully saturated rings. The molecule has 0 radical (unpaired) electrons. The van der Waals surface area contributed by atoms with Gasteiger partial charge in [0, 0.05) is 55.8 Å². The Morgan fingerprint density at radius 3 is 2.62 bits per heavy atom. The molecule has 2 saturated heterocycles. The number of aromatic nitrogens is 1. The summed E-state index contributed by atoms with van der Waals surface area (Å²) >= 11 is 0. The first-order chi connectivity index (χ1) is 20.4. The van der Waals surface area contributed by atoms with Gasteiger partial charge in [0.15, 0.2) is 0 Å². The number of carbonyl (C=O) groups excluding carboxylic acids is 3. The summed E-state index contributed by atoms with van der Waals surface area (Å²) in [6.07, 6.45) is 2.20. The number of halogens is 1. The van der Waals surface area contributed by atoms with Gasteiger partial charge in [0.05, 0.1) is 12.2 Å². The molecule has 0 unspecified atom stereocenters. The number of carbonyl (C=O) groups is 3. The number of piperazine rings is 1. The number of anilines is 1. The van der Waals surface area contributed by atoms with Gasteiger partial charge in [-0.15, -0.1) is 4.98 Å². The van der Waals surface area contributed by atoms with Crippen molar-refractivity contribution in [2.24, 2.45) is 0 Å². The number of piperidine rings is 1. The van der Waals surface area contributed by atoms with Crippen LogP contribution in [-0.2, 0) is 29.3 Å². The van der Waals surface area contributed by atoms with Crippen LogP contribution in [0.4, 0.5) is 15.9 Å². The maximum Gasteiger partial charge on any atom is 0.269 e. The zero-order chi connectivity index (χ0) is 29.2. The highest BCUT2D eigenvalue weighted by Gasteiger charge is 2.40. The second-order valence-corrected chi connectivity index (χ2v) is 10.6. The van der Waals surface area contributed by atoms with Gasteiger partial charge in [-0.2, -0.15) is 0 Å². The molecule has 6 rings (SSSR count). The molecule has 11 heteroatoms. The first-order valence-corrected chi connectivity index (χ1v) is 13.9. The summed E-state index contributed by atoms with van der Waals surface area (Å²) in [5.74, 6) is -0.591. The zero-order valence-electron chi connectivity index (χ0n) is 22.9. The van der Waals surface area contributed by atoms with Gasteiger partial charge in [0.1, 0.15) is 30.4 Å². The largest absolute Gasteiger partial charge is 0.488 e. The molecule has 0 bridgehead atoms. The lowest BCUT2D eigenvalue weighted by atomic mass is 10.0. The molecule has 1 aromatic heterocycles. The standard InChI is InChI=1S/C31H29FN6O4/c1-33-28-9-7-22(16-34-28)37-13-11-36(12-14-37)17-20-5-6-21(25(32)15-20)19-42-27-4-2-3-23-24(27)18-38(31(23)41)26-8-10-29(39)35-30(26)40/h2-7,9,15-16,26H,8,10-14,17-19H2,(H,35,39,40)/t26-/m0/s1. The van der Waals surface area contributed by atoms with E-state index >= 15 is 4.39 Å². The van der Waals surface area contributed by atoms with Gasteiger partial charge < -0.3 is 19.4 Å². The first kappa shape index (κ1) is 27.4. The molecule has 2 aromatic carbocycles. The van der Waals surface area contributed by atoms with Crippen LogP contribution in [0.25, 0.3) is 4.85 Å². The number of imide groups is 1. The van der Waals surface area contributed by atoms with Crippen LogP contribution in [0.1, 0.15) is 39.9 Å². The number of amides is 3. The van der Waals surface area contributed by atoms with Gasteiger partial charge in [-0.1, -0.05) is 24.8 Å². The number of nitrogens with zero attached hydrogens (tertiary/aromatic N) is 5. The van der Waals surface area contributed by atoms with E-state index in [4.69, 9.17) is 11.3 Å². The number of rotatable bonds is 7. The summed E-state index contributed by atoms with van der Waals surface area (Å²) in [4.78, 5) is 50.4. The van der Waals surface area contributed by atoms with Crippen molar-refractivity contribution >= 4 is 29.2 Å². The number of hydrogen-bond donors (Lipinski definition) is 1. The molecule has 1 atom stereocenters. The van der Waals surface area contributed by atoms with E-state index in [2.05, 4.69) is 24.9 Å². The van der Waals surface area contributed by atoms with E-state index in [1.54, 1.807) is 42.6 Å². The van der Waals surface area contributed by atoms with Gasteiger partial charge in [-0.3, -0.25) is 24.6 Å². The van der Waals surface area contributed by atoms with Crippen LogP contribution < -0.4 is 15.0 Å². The van der Waals surface area contributed by atoms with Crippen LogP contribution in [0, 0.1) is 12.4 Å². The first-order valence-electron chi connectivity index (χ1n) is 13.9. The molecular formula is C31H29FN6O4. The van der Waals surface area contributed by atoms with Gasteiger partial charge >= 0.3 is 0 Å². The Morgan fingerprint density at radius 2 is 1.90 bits per heavy atom. The highest BCUT2D eigenvalue weighted by atomic mass is 19.1. The van der Waals surface area contributed by atoms with E-state index in [0.29, 0.717) is 34.8 Å². The Balaban J connectivity index is 1.05. The van der Waals surface area contributed by atoms with Crippen molar-refractivity contribution in [1.82, 2.24) is 20.1 Å². The van der Waals surface area contributed by atoms with Gasteiger partial charge in [-0.05, 0) is 42.3 Å². The topological polar surface area (TPSA) is 99.4 Å². The van der Waals surface area contributed by atoms with Crippen molar-refractivity contribution in [3.8, 4) is 5.75 Å². The average Bonchev–Trinajstić information content (AvgIpc) is 3.33. The molecule has 42 heavy (non-hydrogen) atoms. The van der Waals surface area contributed by atoms with Gasteiger partial charge in [0.25, 0.3) is 11.7 Å². The Morgan fingerprint density at radius 1 is 1.07 bits per heavy atom. The van der Waals surface area contributed by atoms with E-state index in [-0.39, 0.29) is 43.6 Å². The maximum absolute atomic E-state index is 15.1. The normalized spacial score (nSPS) is 19.0. The Labute approximate surface area is 242 Å². The molecule has 1 N–H and O–H groups in total. The summed E-state index contributed by atoms with van der Waals surface area (Å²) in [6, 6.07) is 13.2. The van der Waals surface area contributed by atoms with E-state index in [1.807, 2.05) is 12.1 Å². The molecule has 214 valence electrons. The van der Waals surface area contributed by atoms with Gasteiger partial charge in [0.2, 0.25) is 11.8 Å². The minimum atomic E-state index is -0.711. The second kappa shape index (κ2) is 11.6.